The van der Waals surface area contributed by atoms with Crippen molar-refractivity contribution >= 4 is 36.1 Å². The highest BCUT2D eigenvalue weighted by Crippen LogP contribution is 2.21. The fourth-order valence-corrected chi connectivity index (χ4v) is 3.92. The zero-order chi connectivity index (χ0) is 20.5. The van der Waals surface area contributed by atoms with Crippen LogP contribution in [0, 0.1) is 11.8 Å². The molecule has 0 aromatic heterocycles. The first-order valence-corrected chi connectivity index (χ1v) is 10.1. The molecule has 0 spiro atoms. The van der Waals surface area contributed by atoms with E-state index >= 15 is 0 Å². The van der Waals surface area contributed by atoms with Crippen LogP contribution in [0.5, 0.6) is 0 Å². The Labute approximate surface area is 177 Å². The summed E-state index contributed by atoms with van der Waals surface area (Å²) in [5, 5.41) is 17.3. The van der Waals surface area contributed by atoms with Crippen LogP contribution in [0.25, 0.3) is 0 Å². The predicted octanol–water partition coefficient (Wildman–Crippen LogP) is 0.480. The topological polar surface area (TPSA) is 128 Å². The number of carbonyl (C=O) groups excluding carboxylic acids is 3. The van der Waals surface area contributed by atoms with E-state index in [1.54, 1.807) is 4.90 Å². The number of piperidine rings is 2. The van der Waals surface area contributed by atoms with Gasteiger partial charge < -0.3 is 26.0 Å². The molecule has 0 unspecified atom stereocenters. The molecule has 0 saturated carbocycles. The summed E-state index contributed by atoms with van der Waals surface area (Å²) in [7, 11) is 0. The van der Waals surface area contributed by atoms with Crippen molar-refractivity contribution in [1.82, 2.24) is 20.9 Å². The second-order valence-electron chi connectivity index (χ2n) is 7.77. The average molecular weight is 433 g/mol. The van der Waals surface area contributed by atoms with Gasteiger partial charge in [0, 0.05) is 26.4 Å². The number of nitrogens with zero attached hydrogens (tertiary/aromatic N) is 1. The highest BCUT2D eigenvalue weighted by molar-refractivity contribution is 5.85. The van der Waals surface area contributed by atoms with Crippen LogP contribution in [-0.4, -0.2) is 66.0 Å². The average Bonchev–Trinajstić information content (AvgIpc) is 2.66. The summed E-state index contributed by atoms with van der Waals surface area (Å²) < 4.78 is 0. The molecule has 3 amide bonds. The van der Waals surface area contributed by atoms with Crippen molar-refractivity contribution in [3.8, 4) is 0 Å². The van der Waals surface area contributed by atoms with Crippen LogP contribution in [0.2, 0.25) is 0 Å². The largest absolute Gasteiger partial charge is 0.481 e. The summed E-state index contributed by atoms with van der Waals surface area (Å²) >= 11 is 0. The molecule has 0 radical (unpaired) electrons. The van der Waals surface area contributed by atoms with E-state index in [1.165, 1.54) is 6.92 Å². The van der Waals surface area contributed by atoms with Crippen LogP contribution >= 0.6 is 12.4 Å². The van der Waals surface area contributed by atoms with Crippen LogP contribution in [0.1, 0.15) is 51.9 Å². The SMILES string of the molecule is CC(=O)N[C@@H](CC(=O)O)NC(=O)[C@@H]1CCCN(C(=O)CCC2CCNCC2)C1.Cl. The summed E-state index contributed by atoms with van der Waals surface area (Å²) in [6.07, 6.45) is 3.64. The van der Waals surface area contributed by atoms with Crippen LogP contribution in [0.4, 0.5) is 0 Å². The van der Waals surface area contributed by atoms with E-state index < -0.39 is 24.5 Å². The van der Waals surface area contributed by atoms with Crippen LogP contribution < -0.4 is 16.0 Å². The van der Waals surface area contributed by atoms with E-state index in [2.05, 4.69) is 16.0 Å². The zero-order valence-electron chi connectivity index (χ0n) is 16.9. The first-order chi connectivity index (χ1) is 13.3. The summed E-state index contributed by atoms with van der Waals surface area (Å²) in [4.78, 5) is 49.0. The van der Waals surface area contributed by atoms with Gasteiger partial charge in [0.1, 0.15) is 6.17 Å². The Morgan fingerprint density at radius 2 is 1.83 bits per heavy atom. The number of hydrogen-bond acceptors (Lipinski definition) is 5. The first-order valence-electron chi connectivity index (χ1n) is 10.1. The third kappa shape index (κ3) is 8.99. The van der Waals surface area contributed by atoms with Crippen molar-refractivity contribution in [2.45, 2.75) is 58.0 Å². The second-order valence-corrected chi connectivity index (χ2v) is 7.77. The van der Waals surface area contributed by atoms with Gasteiger partial charge in [0.15, 0.2) is 0 Å². The lowest BCUT2D eigenvalue weighted by molar-refractivity contribution is -0.138. The quantitative estimate of drug-likeness (QED) is 0.413. The van der Waals surface area contributed by atoms with E-state index in [1.807, 2.05) is 0 Å². The number of aliphatic carboxylic acids is 1. The zero-order valence-corrected chi connectivity index (χ0v) is 17.8. The van der Waals surface area contributed by atoms with Crippen LogP contribution in [-0.2, 0) is 19.2 Å². The highest BCUT2D eigenvalue weighted by atomic mass is 35.5. The van der Waals surface area contributed by atoms with Crippen molar-refractivity contribution in [3.05, 3.63) is 0 Å². The number of halogens is 1. The summed E-state index contributed by atoms with van der Waals surface area (Å²) in [5.41, 5.74) is 0. The Kier molecular flexibility index (Phi) is 11.0. The van der Waals surface area contributed by atoms with Crippen molar-refractivity contribution < 1.29 is 24.3 Å². The highest BCUT2D eigenvalue weighted by Gasteiger charge is 2.30. The van der Waals surface area contributed by atoms with Gasteiger partial charge in [-0.05, 0) is 51.1 Å². The Balaban J connectivity index is 0.00000420. The van der Waals surface area contributed by atoms with E-state index in [0.29, 0.717) is 31.8 Å². The van der Waals surface area contributed by atoms with Gasteiger partial charge in [-0.15, -0.1) is 12.4 Å². The molecule has 0 aromatic carbocycles. The molecule has 4 N–H and O–H groups in total. The summed E-state index contributed by atoms with van der Waals surface area (Å²) in [6, 6.07) is 0. The molecule has 0 aliphatic carbocycles. The molecule has 9 nitrogen and oxygen atoms in total. The second kappa shape index (κ2) is 12.6. The summed E-state index contributed by atoms with van der Waals surface area (Å²) in [6.45, 7) is 4.29. The van der Waals surface area contributed by atoms with Crippen molar-refractivity contribution in [2.75, 3.05) is 26.2 Å². The van der Waals surface area contributed by atoms with Gasteiger partial charge >= 0.3 is 5.97 Å². The van der Waals surface area contributed by atoms with Crippen molar-refractivity contribution in [1.29, 1.82) is 0 Å². The molecule has 29 heavy (non-hydrogen) atoms. The number of hydrogen-bond donors (Lipinski definition) is 4. The number of carboxylic acids is 1. The Hall–Kier alpha value is -1.87. The third-order valence-corrected chi connectivity index (χ3v) is 5.44. The molecule has 2 aliphatic heterocycles. The van der Waals surface area contributed by atoms with Gasteiger partial charge in [-0.25, -0.2) is 0 Å². The lowest BCUT2D eigenvalue weighted by atomic mass is 9.92. The van der Waals surface area contributed by atoms with Crippen LogP contribution in [0.15, 0.2) is 0 Å². The minimum atomic E-state index is -1.11. The molecule has 0 bridgehead atoms. The fourth-order valence-electron chi connectivity index (χ4n) is 3.92. The lowest BCUT2D eigenvalue weighted by Crippen LogP contribution is -2.53. The van der Waals surface area contributed by atoms with Gasteiger partial charge in [-0.1, -0.05) is 0 Å². The number of nitrogens with one attached hydrogen (secondary N) is 3. The standard InChI is InChI=1S/C19H32N4O5.ClH/c1-13(24)21-16(11-18(26)27)22-19(28)15-3-2-10-23(12-15)17(25)5-4-14-6-8-20-9-7-14;/h14-16,20H,2-12H2,1H3,(H,21,24)(H,22,28)(H,26,27);1H/t15-,16-;/m1./s1. The van der Waals surface area contributed by atoms with Crippen LogP contribution in [0.3, 0.4) is 0 Å². The number of likely N-dealkylation sites (tertiary alicyclic amines) is 1. The van der Waals surface area contributed by atoms with Gasteiger partial charge in [-0.3, -0.25) is 19.2 Å². The van der Waals surface area contributed by atoms with Crippen molar-refractivity contribution in [2.24, 2.45) is 11.8 Å². The number of carboxylic acid groups (broad SMARTS) is 1. The predicted molar refractivity (Wildman–Crippen MR) is 109 cm³/mol. The first kappa shape index (κ1) is 25.2. The third-order valence-electron chi connectivity index (χ3n) is 5.44. The van der Waals surface area contributed by atoms with E-state index in [9.17, 15) is 19.2 Å². The molecule has 166 valence electrons. The molecule has 2 heterocycles. The minimum Gasteiger partial charge on any atom is -0.481 e. The Bertz CT molecular complexity index is 567. The molecule has 2 atom stereocenters. The van der Waals surface area contributed by atoms with Gasteiger partial charge in [0.25, 0.3) is 0 Å². The lowest BCUT2D eigenvalue weighted by Gasteiger charge is -2.33. The molecule has 2 aliphatic rings. The van der Waals surface area contributed by atoms with E-state index in [4.69, 9.17) is 5.11 Å². The summed E-state index contributed by atoms with van der Waals surface area (Å²) in [5.74, 6) is -1.57. The molecular formula is C19H33ClN4O5. The van der Waals surface area contributed by atoms with E-state index in [0.717, 1.165) is 38.8 Å². The number of carbonyl (C=O) groups is 4. The number of rotatable bonds is 8. The van der Waals surface area contributed by atoms with Gasteiger partial charge in [0.2, 0.25) is 17.7 Å². The molecule has 2 rings (SSSR count). The molecular weight excluding hydrogens is 400 g/mol. The normalized spacial score (nSPS) is 20.9. The number of amides is 3. The molecule has 2 saturated heterocycles. The van der Waals surface area contributed by atoms with Gasteiger partial charge in [0.05, 0.1) is 12.3 Å². The minimum absolute atomic E-state index is 0. The monoisotopic (exact) mass is 432 g/mol. The Morgan fingerprint density at radius 3 is 2.45 bits per heavy atom. The molecule has 2 fully saturated rings. The van der Waals surface area contributed by atoms with E-state index in [-0.39, 0.29) is 30.1 Å². The fraction of sp³-hybridized carbons (Fsp3) is 0.789. The maximum Gasteiger partial charge on any atom is 0.307 e. The van der Waals surface area contributed by atoms with Crippen molar-refractivity contribution in [3.63, 3.8) is 0 Å². The maximum absolute atomic E-state index is 12.6. The smallest absolute Gasteiger partial charge is 0.307 e. The Morgan fingerprint density at radius 1 is 1.14 bits per heavy atom. The van der Waals surface area contributed by atoms with Gasteiger partial charge in [-0.2, -0.15) is 0 Å². The molecule has 10 heteroatoms. The maximum atomic E-state index is 12.6. The molecule has 0 aromatic rings.